The second-order valence-electron chi connectivity index (χ2n) is 5.47. The lowest BCUT2D eigenvalue weighted by Gasteiger charge is -2.18. The SMILES string of the molecule is COc1ccc(C=C2CCCc3cc(C)cnc32)cc1O. The number of hydrogen-bond acceptors (Lipinski definition) is 3. The Kier molecular flexibility index (Phi) is 3.65. The van der Waals surface area contributed by atoms with E-state index in [0.717, 1.165) is 30.5 Å². The first kappa shape index (κ1) is 13.7. The maximum atomic E-state index is 9.88. The third-order valence-electron chi connectivity index (χ3n) is 3.84. The summed E-state index contributed by atoms with van der Waals surface area (Å²) in [4.78, 5) is 4.60. The van der Waals surface area contributed by atoms with Crippen molar-refractivity contribution in [3.05, 3.63) is 52.8 Å². The predicted octanol–water partition coefficient (Wildman–Crippen LogP) is 3.98. The summed E-state index contributed by atoms with van der Waals surface area (Å²) >= 11 is 0. The van der Waals surface area contributed by atoms with Gasteiger partial charge in [-0.2, -0.15) is 0 Å². The van der Waals surface area contributed by atoms with Crippen LogP contribution in [0, 0.1) is 6.92 Å². The summed E-state index contributed by atoms with van der Waals surface area (Å²) in [5.41, 5.74) is 5.84. The zero-order valence-electron chi connectivity index (χ0n) is 12.4. The molecule has 0 amide bonds. The molecule has 0 unspecified atom stereocenters. The zero-order valence-corrected chi connectivity index (χ0v) is 12.4. The highest BCUT2D eigenvalue weighted by Crippen LogP contribution is 2.33. The molecule has 1 aliphatic rings. The van der Waals surface area contributed by atoms with Crippen LogP contribution in [0.15, 0.2) is 30.5 Å². The standard InChI is InChI=1S/C18H19NO2/c1-12-8-14-4-3-5-15(18(14)19-11-12)9-13-6-7-17(21-2)16(20)10-13/h6-11,20H,3-5H2,1-2H3. The summed E-state index contributed by atoms with van der Waals surface area (Å²) in [6, 6.07) is 7.69. The van der Waals surface area contributed by atoms with Gasteiger partial charge in [0.15, 0.2) is 11.5 Å². The molecule has 0 spiro atoms. The van der Waals surface area contributed by atoms with Crippen LogP contribution in [0.3, 0.4) is 0 Å². The third-order valence-corrected chi connectivity index (χ3v) is 3.84. The highest BCUT2D eigenvalue weighted by atomic mass is 16.5. The van der Waals surface area contributed by atoms with Gasteiger partial charge in [-0.25, -0.2) is 0 Å². The Hall–Kier alpha value is -2.29. The molecule has 0 saturated heterocycles. The Balaban J connectivity index is 2.00. The fourth-order valence-electron chi connectivity index (χ4n) is 2.84. The molecule has 0 fully saturated rings. The van der Waals surface area contributed by atoms with Crippen molar-refractivity contribution in [2.24, 2.45) is 0 Å². The fourth-order valence-corrected chi connectivity index (χ4v) is 2.84. The molecule has 108 valence electrons. The number of aryl methyl sites for hydroxylation is 2. The maximum Gasteiger partial charge on any atom is 0.160 e. The van der Waals surface area contributed by atoms with Gasteiger partial charge in [-0.3, -0.25) is 4.98 Å². The van der Waals surface area contributed by atoms with E-state index in [0.29, 0.717) is 5.75 Å². The zero-order chi connectivity index (χ0) is 14.8. The number of nitrogens with zero attached hydrogens (tertiary/aromatic N) is 1. The van der Waals surface area contributed by atoms with Crippen molar-refractivity contribution < 1.29 is 9.84 Å². The molecule has 2 aromatic rings. The summed E-state index contributed by atoms with van der Waals surface area (Å²) < 4.78 is 5.08. The number of fused-ring (bicyclic) bond motifs is 1. The molecule has 0 radical (unpaired) electrons. The molecule has 1 aliphatic carbocycles. The van der Waals surface area contributed by atoms with Crippen LogP contribution in [0.5, 0.6) is 11.5 Å². The van der Waals surface area contributed by atoms with Gasteiger partial charge in [0.25, 0.3) is 0 Å². The Bertz CT molecular complexity index is 704. The minimum absolute atomic E-state index is 0.166. The highest BCUT2D eigenvalue weighted by molar-refractivity contribution is 5.82. The summed E-state index contributed by atoms with van der Waals surface area (Å²) in [6.45, 7) is 2.08. The second kappa shape index (κ2) is 5.60. The van der Waals surface area contributed by atoms with Gasteiger partial charge in [-0.05, 0) is 66.7 Å². The van der Waals surface area contributed by atoms with E-state index in [4.69, 9.17) is 4.74 Å². The molecule has 1 aromatic carbocycles. The van der Waals surface area contributed by atoms with E-state index < -0.39 is 0 Å². The monoisotopic (exact) mass is 281 g/mol. The number of rotatable bonds is 2. The molecular weight excluding hydrogens is 262 g/mol. The quantitative estimate of drug-likeness (QED) is 0.905. The number of phenols is 1. The summed E-state index contributed by atoms with van der Waals surface area (Å²) in [5.74, 6) is 0.662. The Labute approximate surface area is 124 Å². The first-order chi connectivity index (χ1) is 10.2. The van der Waals surface area contributed by atoms with Crippen molar-refractivity contribution in [2.75, 3.05) is 7.11 Å². The van der Waals surface area contributed by atoms with E-state index in [1.54, 1.807) is 19.2 Å². The Morgan fingerprint density at radius 1 is 1.24 bits per heavy atom. The molecular formula is C18H19NO2. The highest BCUT2D eigenvalue weighted by Gasteiger charge is 2.15. The van der Waals surface area contributed by atoms with Crippen molar-refractivity contribution in [1.82, 2.24) is 4.98 Å². The molecule has 3 heteroatoms. The summed E-state index contributed by atoms with van der Waals surface area (Å²) in [6.07, 6.45) is 7.29. The first-order valence-electron chi connectivity index (χ1n) is 7.21. The van der Waals surface area contributed by atoms with E-state index in [9.17, 15) is 5.11 Å². The third kappa shape index (κ3) is 2.77. The lowest BCUT2D eigenvalue weighted by molar-refractivity contribution is 0.373. The molecule has 1 N–H and O–H groups in total. The number of ether oxygens (including phenoxy) is 1. The molecule has 0 atom stereocenters. The minimum Gasteiger partial charge on any atom is -0.504 e. The van der Waals surface area contributed by atoms with Crippen molar-refractivity contribution in [2.45, 2.75) is 26.2 Å². The normalized spacial score (nSPS) is 15.8. The lowest BCUT2D eigenvalue weighted by Crippen LogP contribution is -2.04. The van der Waals surface area contributed by atoms with Crippen molar-refractivity contribution >= 4 is 11.6 Å². The van der Waals surface area contributed by atoms with Gasteiger partial charge >= 0.3 is 0 Å². The molecule has 0 aliphatic heterocycles. The van der Waals surface area contributed by atoms with Crippen LogP contribution in [0.1, 0.15) is 35.2 Å². The van der Waals surface area contributed by atoms with Crippen LogP contribution >= 0.6 is 0 Å². The number of aromatic nitrogens is 1. The lowest BCUT2D eigenvalue weighted by atomic mass is 9.89. The van der Waals surface area contributed by atoms with Crippen LogP contribution in [-0.2, 0) is 6.42 Å². The number of allylic oxidation sites excluding steroid dienone is 1. The molecule has 0 saturated carbocycles. The fraction of sp³-hybridized carbons (Fsp3) is 0.278. The van der Waals surface area contributed by atoms with E-state index in [1.165, 1.54) is 16.7 Å². The van der Waals surface area contributed by atoms with E-state index in [2.05, 4.69) is 24.1 Å². The van der Waals surface area contributed by atoms with Crippen molar-refractivity contribution in [3.63, 3.8) is 0 Å². The number of aromatic hydroxyl groups is 1. The first-order valence-corrected chi connectivity index (χ1v) is 7.21. The summed E-state index contributed by atoms with van der Waals surface area (Å²) in [7, 11) is 1.55. The van der Waals surface area contributed by atoms with Crippen LogP contribution in [0.25, 0.3) is 11.6 Å². The van der Waals surface area contributed by atoms with Gasteiger partial charge in [-0.15, -0.1) is 0 Å². The van der Waals surface area contributed by atoms with Gasteiger partial charge in [0.05, 0.1) is 12.8 Å². The van der Waals surface area contributed by atoms with E-state index in [-0.39, 0.29) is 5.75 Å². The average molecular weight is 281 g/mol. The second-order valence-corrected chi connectivity index (χ2v) is 5.47. The van der Waals surface area contributed by atoms with Crippen molar-refractivity contribution in [1.29, 1.82) is 0 Å². The van der Waals surface area contributed by atoms with Crippen molar-refractivity contribution in [3.8, 4) is 11.5 Å². The molecule has 0 bridgehead atoms. The number of hydrogen-bond donors (Lipinski definition) is 1. The number of phenolic OH excluding ortho intramolecular Hbond substituents is 1. The molecule has 1 heterocycles. The maximum absolute atomic E-state index is 9.88. The average Bonchev–Trinajstić information content (AvgIpc) is 2.47. The van der Waals surface area contributed by atoms with Gasteiger partial charge in [0.1, 0.15) is 0 Å². The largest absolute Gasteiger partial charge is 0.504 e. The van der Waals surface area contributed by atoms with Gasteiger partial charge in [0.2, 0.25) is 0 Å². The van der Waals surface area contributed by atoms with Gasteiger partial charge < -0.3 is 9.84 Å². The van der Waals surface area contributed by atoms with Gasteiger partial charge in [-0.1, -0.05) is 12.1 Å². The van der Waals surface area contributed by atoms with Crippen LogP contribution in [-0.4, -0.2) is 17.2 Å². The van der Waals surface area contributed by atoms with E-state index in [1.807, 2.05) is 12.3 Å². The molecule has 3 rings (SSSR count). The molecule has 1 aromatic heterocycles. The minimum atomic E-state index is 0.166. The number of methoxy groups -OCH3 is 1. The topological polar surface area (TPSA) is 42.4 Å². The predicted molar refractivity (Wildman–Crippen MR) is 84.4 cm³/mol. The van der Waals surface area contributed by atoms with Gasteiger partial charge in [0, 0.05) is 6.20 Å². The van der Waals surface area contributed by atoms with E-state index >= 15 is 0 Å². The van der Waals surface area contributed by atoms with Crippen LogP contribution in [0.4, 0.5) is 0 Å². The summed E-state index contributed by atoms with van der Waals surface area (Å²) in [5, 5.41) is 9.88. The Morgan fingerprint density at radius 2 is 2.10 bits per heavy atom. The van der Waals surface area contributed by atoms with Crippen LogP contribution < -0.4 is 4.74 Å². The number of pyridine rings is 1. The Morgan fingerprint density at radius 3 is 2.86 bits per heavy atom. The smallest absolute Gasteiger partial charge is 0.160 e. The number of benzene rings is 1. The van der Waals surface area contributed by atoms with Crippen LogP contribution in [0.2, 0.25) is 0 Å². The molecule has 3 nitrogen and oxygen atoms in total. The molecule has 21 heavy (non-hydrogen) atoms.